The fraction of sp³-hybridized carbons (Fsp3) is 0.176. The highest BCUT2D eigenvalue weighted by atomic mass is 35.5. The highest BCUT2D eigenvalue weighted by Crippen LogP contribution is 2.10. The van der Waals surface area contributed by atoms with Crippen LogP contribution in [0.3, 0.4) is 0 Å². The van der Waals surface area contributed by atoms with Crippen LogP contribution in [0.2, 0.25) is 0 Å². The minimum atomic E-state index is -0.106. The van der Waals surface area contributed by atoms with Gasteiger partial charge in [-0.3, -0.25) is 10.2 Å². The van der Waals surface area contributed by atoms with E-state index in [1.54, 1.807) is 12.1 Å². The van der Waals surface area contributed by atoms with E-state index in [2.05, 4.69) is 5.32 Å². The molecular formula is C17H20ClN3OS. The summed E-state index contributed by atoms with van der Waals surface area (Å²) in [7, 11) is 0. The first-order chi connectivity index (χ1) is 10.6. The molecule has 0 fully saturated rings. The van der Waals surface area contributed by atoms with E-state index >= 15 is 0 Å². The summed E-state index contributed by atoms with van der Waals surface area (Å²) in [6.45, 7) is 0. The Bertz CT molecular complexity index is 622. The molecule has 0 bridgehead atoms. The Hall–Kier alpha value is -1.98. The number of hydrogen-bond donors (Lipinski definition) is 3. The Kier molecular flexibility index (Phi) is 8.22. The van der Waals surface area contributed by atoms with Gasteiger partial charge in [0.15, 0.2) is 5.17 Å². The van der Waals surface area contributed by atoms with Crippen LogP contribution in [-0.2, 0) is 6.42 Å². The molecule has 4 nitrogen and oxygen atoms in total. The molecule has 0 aromatic heterocycles. The van der Waals surface area contributed by atoms with Crippen molar-refractivity contribution in [2.24, 2.45) is 5.73 Å². The van der Waals surface area contributed by atoms with Gasteiger partial charge in [-0.15, -0.1) is 12.4 Å². The molecule has 6 heteroatoms. The number of thioether (sulfide) groups is 1. The maximum Gasteiger partial charge on any atom is 0.251 e. The number of rotatable bonds is 6. The predicted octanol–water partition coefficient (Wildman–Crippen LogP) is 3.08. The van der Waals surface area contributed by atoms with E-state index in [4.69, 9.17) is 11.1 Å². The van der Waals surface area contributed by atoms with Gasteiger partial charge in [-0.05, 0) is 24.1 Å². The molecule has 0 aliphatic rings. The fourth-order valence-corrected chi connectivity index (χ4v) is 2.68. The number of amidine groups is 1. The van der Waals surface area contributed by atoms with E-state index in [9.17, 15) is 4.79 Å². The number of nitrogens with one attached hydrogen (secondary N) is 2. The maximum absolute atomic E-state index is 12.3. The van der Waals surface area contributed by atoms with Crippen LogP contribution in [0, 0.1) is 5.41 Å². The molecule has 0 aliphatic carbocycles. The monoisotopic (exact) mass is 349 g/mol. The zero-order chi connectivity index (χ0) is 15.8. The Balaban J connectivity index is 0.00000264. The highest BCUT2D eigenvalue weighted by Gasteiger charge is 2.15. The number of carbonyl (C=O) groups excluding carboxylic acids is 1. The van der Waals surface area contributed by atoms with Crippen LogP contribution in [0.5, 0.6) is 0 Å². The summed E-state index contributed by atoms with van der Waals surface area (Å²) in [6, 6.07) is 19.0. The SMILES string of the molecule is Cl.N=C(N)SCC(Cc1ccccc1)NC(=O)c1ccccc1. The normalized spacial score (nSPS) is 11.1. The lowest BCUT2D eigenvalue weighted by Gasteiger charge is -2.18. The van der Waals surface area contributed by atoms with Gasteiger partial charge in [0.25, 0.3) is 5.91 Å². The number of carbonyl (C=O) groups is 1. The summed E-state index contributed by atoms with van der Waals surface area (Å²) in [5.74, 6) is 0.466. The van der Waals surface area contributed by atoms with Crippen molar-refractivity contribution >= 4 is 35.2 Å². The van der Waals surface area contributed by atoms with Gasteiger partial charge in [0.1, 0.15) is 0 Å². The molecule has 23 heavy (non-hydrogen) atoms. The van der Waals surface area contributed by atoms with Crippen LogP contribution in [0.15, 0.2) is 60.7 Å². The summed E-state index contributed by atoms with van der Waals surface area (Å²) in [5.41, 5.74) is 7.19. The Morgan fingerprint density at radius 1 is 1.09 bits per heavy atom. The standard InChI is InChI=1S/C17H19N3OS.ClH/c18-17(19)22-12-15(11-13-7-3-1-4-8-13)20-16(21)14-9-5-2-6-10-14;/h1-10,15H,11-12H2,(H3,18,19)(H,20,21);1H. The van der Waals surface area contributed by atoms with Crippen molar-refractivity contribution in [3.05, 3.63) is 71.8 Å². The van der Waals surface area contributed by atoms with E-state index in [0.29, 0.717) is 17.7 Å². The van der Waals surface area contributed by atoms with Crippen molar-refractivity contribution in [2.45, 2.75) is 12.5 Å². The average molecular weight is 350 g/mol. The van der Waals surface area contributed by atoms with Gasteiger partial charge in [0, 0.05) is 17.4 Å². The van der Waals surface area contributed by atoms with Crippen LogP contribution >= 0.6 is 24.2 Å². The molecule has 1 amide bonds. The zero-order valence-corrected chi connectivity index (χ0v) is 14.2. The van der Waals surface area contributed by atoms with Crippen molar-refractivity contribution in [2.75, 3.05) is 5.75 Å². The quantitative estimate of drug-likeness (QED) is 0.554. The third-order valence-corrected chi connectivity index (χ3v) is 4.02. The second-order valence-electron chi connectivity index (χ2n) is 4.90. The van der Waals surface area contributed by atoms with Gasteiger partial charge >= 0.3 is 0 Å². The van der Waals surface area contributed by atoms with Crippen molar-refractivity contribution in [1.29, 1.82) is 5.41 Å². The summed E-state index contributed by atoms with van der Waals surface area (Å²) < 4.78 is 0. The second kappa shape index (κ2) is 9.92. The molecule has 0 heterocycles. The van der Waals surface area contributed by atoms with Crippen molar-refractivity contribution in [3.63, 3.8) is 0 Å². The number of benzene rings is 2. The molecule has 4 N–H and O–H groups in total. The van der Waals surface area contributed by atoms with Gasteiger partial charge in [-0.2, -0.15) is 0 Å². The van der Waals surface area contributed by atoms with E-state index in [1.807, 2.05) is 48.5 Å². The first-order valence-electron chi connectivity index (χ1n) is 7.02. The smallest absolute Gasteiger partial charge is 0.251 e. The maximum atomic E-state index is 12.3. The minimum Gasteiger partial charge on any atom is -0.379 e. The lowest BCUT2D eigenvalue weighted by atomic mass is 10.1. The van der Waals surface area contributed by atoms with Crippen LogP contribution in [0.25, 0.3) is 0 Å². The Labute approximate surface area is 146 Å². The third kappa shape index (κ3) is 6.76. The molecule has 0 aliphatic heterocycles. The summed E-state index contributed by atoms with van der Waals surface area (Å²) in [4.78, 5) is 12.3. The molecule has 1 atom stereocenters. The molecule has 2 rings (SSSR count). The Morgan fingerprint density at radius 2 is 1.65 bits per heavy atom. The van der Waals surface area contributed by atoms with Crippen LogP contribution in [0.1, 0.15) is 15.9 Å². The zero-order valence-electron chi connectivity index (χ0n) is 12.6. The topological polar surface area (TPSA) is 79.0 Å². The molecular weight excluding hydrogens is 330 g/mol. The third-order valence-electron chi connectivity index (χ3n) is 3.14. The van der Waals surface area contributed by atoms with Gasteiger partial charge in [0.2, 0.25) is 0 Å². The minimum absolute atomic E-state index is 0. The summed E-state index contributed by atoms with van der Waals surface area (Å²) in [6.07, 6.45) is 0.708. The second-order valence-corrected chi connectivity index (χ2v) is 5.96. The predicted molar refractivity (Wildman–Crippen MR) is 99.5 cm³/mol. The lowest BCUT2D eigenvalue weighted by Crippen LogP contribution is -2.38. The van der Waals surface area contributed by atoms with E-state index in [0.717, 1.165) is 5.56 Å². The molecule has 0 saturated carbocycles. The molecule has 1 unspecified atom stereocenters. The van der Waals surface area contributed by atoms with Crippen molar-refractivity contribution in [3.8, 4) is 0 Å². The average Bonchev–Trinajstić information content (AvgIpc) is 2.54. The molecule has 0 radical (unpaired) electrons. The molecule has 122 valence electrons. The molecule has 0 spiro atoms. The summed E-state index contributed by atoms with van der Waals surface area (Å²) >= 11 is 1.24. The van der Waals surface area contributed by atoms with Crippen LogP contribution in [-0.4, -0.2) is 22.9 Å². The number of hydrogen-bond acceptors (Lipinski definition) is 3. The highest BCUT2D eigenvalue weighted by molar-refractivity contribution is 8.13. The Morgan fingerprint density at radius 3 is 2.22 bits per heavy atom. The van der Waals surface area contributed by atoms with Gasteiger partial charge in [-0.1, -0.05) is 60.3 Å². The largest absolute Gasteiger partial charge is 0.379 e. The first kappa shape index (κ1) is 19.1. The van der Waals surface area contributed by atoms with Gasteiger partial charge in [-0.25, -0.2) is 0 Å². The summed E-state index contributed by atoms with van der Waals surface area (Å²) in [5, 5.41) is 10.4. The van der Waals surface area contributed by atoms with Gasteiger partial charge in [0.05, 0.1) is 0 Å². The number of halogens is 1. The first-order valence-corrected chi connectivity index (χ1v) is 8.00. The fourth-order valence-electron chi connectivity index (χ4n) is 2.10. The van der Waals surface area contributed by atoms with Gasteiger partial charge < -0.3 is 11.1 Å². The van der Waals surface area contributed by atoms with Crippen molar-refractivity contribution < 1.29 is 4.79 Å². The number of amides is 1. The van der Waals surface area contributed by atoms with Crippen LogP contribution < -0.4 is 11.1 Å². The van der Waals surface area contributed by atoms with Crippen molar-refractivity contribution in [1.82, 2.24) is 5.32 Å². The number of nitrogens with two attached hydrogens (primary N) is 1. The van der Waals surface area contributed by atoms with E-state index in [-0.39, 0.29) is 29.5 Å². The van der Waals surface area contributed by atoms with E-state index in [1.165, 1.54) is 11.8 Å². The molecule has 2 aromatic carbocycles. The molecule has 2 aromatic rings. The molecule has 0 saturated heterocycles. The van der Waals surface area contributed by atoms with E-state index < -0.39 is 0 Å². The lowest BCUT2D eigenvalue weighted by molar-refractivity contribution is 0.0941. The van der Waals surface area contributed by atoms with Crippen LogP contribution in [0.4, 0.5) is 0 Å².